The summed E-state index contributed by atoms with van der Waals surface area (Å²) >= 11 is 0. The van der Waals surface area contributed by atoms with Gasteiger partial charge in [-0.2, -0.15) is 0 Å². The first-order valence-electron chi connectivity index (χ1n) is 5.78. The second kappa shape index (κ2) is 4.58. The van der Waals surface area contributed by atoms with Gasteiger partial charge >= 0.3 is 0 Å². The van der Waals surface area contributed by atoms with Crippen LogP contribution in [0.25, 0.3) is 0 Å². The van der Waals surface area contributed by atoms with E-state index in [-0.39, 0.29) is 5.56 Å². The molecule has 5 heteroatoms. The Bertz CT molecular complexity index is 512. The van der Waals surface area contributed by atoms with Crippen molar-refractivity contribution in [3.05, 3.63) is 16.0 Å². The molecule has 0 amide bonds. The minimum Gasteiger partial charge on any atom is -0.328 e. The Labute approximate surface area is 100 Å². The fourth-order valence-electron chi connectivity index (χ4n) is 1.98. The van der Waals surface area contributed by atoms with Crippen LogP contribution < -0.4 is 10.5 Å². The summed E-state index contributed by atoms with van der Waals surface area (Å²) in [5.74, 6) is 3.56. The van der Waals surface area contributed by atoms with Gasteiger partial charge in [0.25, 0.3) is 5.56 Å². The average molecular weight is 232 g/mol. The van der Waals surface area contributed by atoms with Crippen molar-refractivity contribution in [1.29, 1.82) is 0 Å². The van der Waals surface area contributed by atoms with Crippen LogP contribution in [0.3, 0.4) is 0 Å². The van der Waals surface area contributed by atoms with Crippen molar-refractivity contribution in [2.75, 3.05) is 18.0 Å². The lowest BCUT2D eigenvalue weighted by Gasteiger charge is -2.12. The summed E-state index contributed by atoms with van der Waals surface area (Å²) in [6.45, 7) is 5.97. The van der Waals surface area contributed by atoms with Crippen LogP contribution in [0.4, 0.5) is 5.95 Å². The summed E-state index contributed by atoms with van der Waals surface area (Å²) in [5, 5.41) is 8.15. The van der Waals surface area contributed by atoms with Gasteiger partial charge < -0.3 is 4.90 Å². The standard InChI is InChI=1S/C12H16N4O/c1-4-5-15-6-7-16-11(17)10(8-9(2)3)13-14-12(15)16/h1,9H,5-8H2,2-3H3. The summed E-state index contributed by atoms with van der Waals surface area (Å²) in [6.07, 6.45) is 5.94. The molecule has 0 fully saturated rings. The molecule has 0 unspecified atom stereocenters. The molecule has 0 aliphatic carbocycles. The van der Waals surface area contributed by atoms with Crippen LogP contribution in [0.2, 0.25) is 0 Å². The highest BCUT2D eigenvalue weighted by atomic mass is 16.1. The summed E-state index contributed by atoms with van der Waals surface area (Å²) in [7, 11) is 0. The number of hydrogen-bond donors (Lipinski definition) is 0. The van der Waals surface area contributed by atoms with E-state index in [1.807, 2.05) is 4.90 Å². The summed E-state index contributed by atoms with van der Waals surface area (Å²) < 4.78 is 1.67. The molecule has 17 heavy (non-hydrogen) atoms. The fourth-order valence-corrected chi connectivity index (χ4v) is 1.98. The Balaban J connectivity index is 2.36. The number of anilines is 1. The van der Waals surface area contributed by atoms with E-state index >= 15 is 0 Å². The molecule has 0 N–H and O–H groups in total. The van der Waals surface area contributed by atoms with Gasteiger partial charge in [-0.3, -0.25) is 9.36 Å². The fraction of sp³-hybridized carbons (Fsp3) is 0.583. The van der Waals surface area contributed by atoms with E-state index in [9.17, 15) is 4.79 Å². The van der Waals surface area contributed by atoms with Gasteiger partial charge in [0, 0.05) is 13.1 Å². The molecule has 5 nitrogen and oxygen atoms in total. The molecular formula is C12H16N4O. The highest BCUT2D eigenvalue weighted by Crippen LogP contribution is 2.14. The highest BCUT2D eigenvalue weighted by Gasteiger charge is 2.23. The van der Waals surface area contributed by atoms with Crippen LogP contribution in [0.5, 0.6) is 0 Å². The minimum atomic E-state index is -0.0248. The molecule has 1 aliphatic rings. The third kappa shape index (κ3) is 2.16. The molecule has 90 valence electrons. The molecule has 0 atom stereocenters. The van der Waals surface area contributed by atoms with Crippen molar-refractivity contribution < 1.29 is 0 Å². The second-order valence-electron chi connectivity index (χ2n) is 4.63. The van der Waals surface area contributed by atoms with Crippen molar-refractivity contribution in [3.63, 3.8) is 0 Å². The van der Waals surface area contributed by atoms with Crippen molar-refractivity contribution in [3.8, 4) is 12.3 Å². The molecular weight excluding hydrogens is 216 g/mol. The molecule has 0 radical (unpaired) electrons. The Morgan fingerprint density at radius 1 is 1.41 bits per heavy atom. The first-order chi connectivity index (χ1) is 8.13. The lowest BCUT2D eigenvalue weighted by atomic mass is 10.1. The van der Waals surface area contributed by atoms with E-state index in [2.05, 4.69) is 30.0 Å². The topological polar surface area (TPSA) is 51.0 Å². The molecule has 0 aromatic carbocycles. The van der Waals surface area contributed by atoms with Gasteiger partial charge in [-0.05, 0) is 12.3 Å². The molecule has 2 heterocycles. The maximum absolute atomic E-state index is 12.1. The first-order valence-corrected chi connectivity index (χ1v) is 5.78. The predicted octanol–water partition coefficient (Wildman–Crippen LogP) is 0.290. The number of aromatic nitrogens is 3. The zero-order chi connectivity index (χ0) is 12.4. The van der Waals surface area contributed by atoms with Crippen molar-refractivity contribution in [2.24, 2.45) is 5.92 Å². The SMILES string of the molecule is C#CCN1CCn2c1nnc(CC(C)C)c2=O. The average Bonchev–Trinajstić information content (AvgIpc) is 2.67. The van der Waals surface area contributed by atoms with E-state index in [1.165, 1.54) is 0 Å². The van der Waals surface area contributed by atoms with Crippen LogP contribution in [0.1, 0.15) is 19.5 Å². The van der Waals surface area contributed by atoms with E-state index in [0.29, 0.717) is 37.1 Å². The van der Waals surface area contributed by atoms with Crippen molar-refractivity contribution >= 4 is 5.95 Å². The normalized spacial score (nSPS) is 13.9. The zero-order valence-electron chi connectivity index (χ0n) is 10.2. The quantitative estimate of drug-likeness (QED) is 0.703. The smallest absolute Gasteiger partial charge is 0.276 e. The molecule has 1 aromatic rings. The first kappa shape index (κ1) is 11.6. The van der Waals surface area contributed by atoms with Gasteiger partial charge in [-0.1, -0.05) is 19.8 Å². The van der Waals surface area contributed by atoms with Crippen LogP contribution in [0.15, 0.2) is 4.79 Å². The van der Waals surface area contributed by atoms with Gasteiger partial charge in [0.05, 0.1) is 6.54 Å². The summed E-state index contributed by atoms with van der Waals surface area (Å²) in [6, 6.07) is 0. The number of rotatable bonds is 3. The van der Waals surface area contributed by atoms with Gasteiger partial charge in [-0.25, -0.2) is 0 Å². The summed E-state index contributed by atoms with van der Waals surface area (Å²) in [5.41, 5.74) is 0.523. The lowest BCUT2D eigenvalue weighted by Crippen LogP contribution is -2.27. The largest absolute Gasteiger partial charge is 0.328 e. The van der Waals surface area contributed by atoms with Gasteiger partial charge in [0.2, 0.25) is 5.95 Å². The second-order valence-corrected chi connectivity index (χ2v) is 4.63. The maximum atomic E-state index is 12.1. The number of terminal acetylenes is 1. The van der Waals surface area contributed by atoms with Crippen LogP contribution in [-0.4, -0.2) is 27.9 Å². The molecule has 0 bridgehead atoms. The summed E-state index contributed by atoms with van der Waals surface area (Å²) in [4.78, 5) is 14.0. The molecule has 2 rings (SSSR count). The van der Waals surface area contributed by atoms with Crippen molar-refractivity contribution in [1.82, 2.24) is 14.8 Å². The van der Waals surface area contributed by atoms with Crippen molar-refractivity contribution in [2.45, 2.75) is 26.8 Å². The Morgan fingerprint density at radius 2 is 2.18 bits per heavy atom. The van der Waals surface area contributed by atoms with Crippen LogP contribution >= 0.6 is 0 Å². The van der Waals surface area contributed by atoms with E-state index in [4.69, 9.17) is 6.42 Å². The molecule has 0 saturated heterocycles. The Hall–Kier alpha value is -1.83. The monoisotopic (exact) mass is 232 g/mol. The van der Waals surface area contributed by atoms with Crippen LogP contribution in [0, 0.1) is 18.3 Å². The van der Waals surface area contributed by atoms with Gasteiger partial charge in [-0.15, -0.1) is 16.6 Å². The van der Waals surface area contributed by atoms with Gasteiger partial charge in [0.15, 0.2) is 0 Å². The number of nitrogens with zero attached hydrogens (tertiary/aromatic N) is 4. The molecule has 0 spiro atoms. The van der Waals surface area contributed by atoms with E-state index in [1.54, 1.807) is 4.57 Å². The lowest BCUT2D eigenvalue weighted by molar-refractivity contribution is 0.604. The number of fused-ring (bicyclic) bond motifs is 1. The maximum Gasteiger partial charge on any atom is 0.276 e. The van der Waals surface area contributed by atoms with Crippen LogP contribution in [-0.2, 0) is 13.0 Å². The van der Waals surface area contributed by atoms with E-state index < -0.39 is 0 Å². The molecule has 0 saturated carbocycles. The zero-order valence-corrected chi connectivity index (χ0v) is 10.2. The Morgan fingerprint density at radius 3 is 2.82 bits per heavy atom. The minimum absolute atomic E-state index is 0.0248. The Kier molecular flexibility index (Phi) is 3.14. The third-order valence-electron chi connectivity index (χ3n) is 2.75. The molecule has 1 aromatic heterocycles. The molecule has 1 aliphatic heterocycles. The number of hydrogen-bond acceptors (Lipinski definition) is 4. The van der Waals surface area contributed by atoms with Gasteiger partial charge in [0.1, 0.15) is 5.69 Å². The predicted molar refractivity (Wildman–Crippen MR) is 65.9 cm³/mol. The third-order valence-corrected chi connectivity index (χ3v) is 2.75. The van der Waals surface area contributed by atoms with E-state index in [0.717, 1.165) is 6.54 Å². The highest BCUT2D eigenvalue weighted by molar-refractivity contribution is 5.35.